The quantitative estimate of drug-likeness (QED) is 0.853. The molecule has 0 radical (unpaired) electrons. The Kier molecular flexibility index (Phi) is 4.57. The normalized spacial score (nSPS) is 12.6. The van der Waals surface area contributed by atoms with Gasteiger partial charge in [-0.25, -0.2) is 0 Å². The third-order valence-corrected chi connectivity index (χ3v) is 3.12. The van der Waals surface area contributed by atoms with Crippen LogP contribution in [0.4, 0.5) is 0 Å². The lowest BCUT2D eigenvalue weighted by molar-refractivity contribution is 0.0930. The zero-order valence-electron chi connectivity index (χ0n) is 9.25. The van der Waals surface area contributed by atoms with E-state index in [1.54, 1.807) is 0 Å². The van der Waals surface area contributed by atoms with Gasteiger partial charge in [0.15, 0.2) is 0 Å². The molecule has 0 aliphatic carbocycles. The minimum absolute atomic E-state index is 0.00900. The summed E-state index contributed by atoms with van der Waals surface area (Å²) < 4.78 is 1.08. The Labute approximate surface area is 105 Å². The van der Waals surface area contributed by atoms with Crippen LogP contribution in [0, 0.1) is 9.49 Å². The van der Waals surface area contributed by atoms with Crippen LogP contribution in [0.5, 0.6) is 0 Å². The largest absolute Gasteiger partial charge is 0.349 e. The van der Waals surface area contributed by atoms with E-state index in [1.807, 2.05) is 31.2 Å². The van der Waals surface area contributed by atoms with Gasteiger partial charge >= 0.3 is 0 Å². The molecule has 1 aromatic rings. The zero-order valence-corrected chi connectivity index (χ0v) is 11.4. The van der Waals surface area contributed by atoms with Crippen molar-refractivity contribution < 1.29 is 4.79 Å². The van der Waals surface area contributed by atoms with Crippen molar-refractivity contribution in [3.8, 4) is 0 Å². The molecule has 0 bridgehead atoms. The van der Waals surface area contributed by atoms with E-state index in [-0.39, 0.29) is 11.9 Å². The van der Waals surface area contributed by atoms with Gasteiger partial charge in [0.1, 0.15) is 0 Å². The molecular formula is C12H16INO. The van der Waals surface area contributed by atoms with Gasteiger partial charge in [0.2, 0.25) is 0 Å². The van der Waals surface area contributed by atoms with E-state index in [9.17, 15) is 4.79 Å². The molecule has 1 amide bonds. The first-order valence-electron chi connectivity index (χ1n) is 5.07. The number of halogens is 1. The minimum Gasteiger partial charge on any atom is -0.349 e. The molecule has 0 aliphatic rings. The van der Waals surface area contributed by atoms with Crippen LogP contribution in [0.15, 0.2) is 24.3 Å². The van der Waals surface area contributed by atoms with Crippen molar-refractivity contribution in [3.63, 3.8) is 0 Å². The lowest BCUT2D eigenvalue weighted by Crippen LogP contribution is -2.36. The van der Waals surface area contributed by atoms with Crippen LogP contribution in [0.1, 0.15) is 31.1 Å². The Morgan fingerprint density at radius 2 is 2.00 bits per heavy atom. The fourth-order valence-electron chi connectivity index (χ4n) is 1.09. The molecule has 1 atom stereocenters. The van der Waals surface area contributed by atoms with Crippen molar-refractivity contribution in [1.29, 1.82) is 0 Å². The summed E-state index contributed by atoms with van der Waals surface area (Å²) in [5.74, 6) is 0.464. The Morgan fingerprint density at radius 3 is 2.53 bits per heavy atom. The number of nitrogens with one attached hydrogen (secondary N) is 1. The molecule has 0 saturated heterocycles. The highest BCUT2D eigenvalue weighted by Crippen LogP contribution is 2.08. The van der Waals surface area contributed by atoms with Gasteiger partial charge < -0.3 is 5.32 Å². The number of benzene rings is 1. The summed E-state index contributed by atoms with van der Waals surface area (Å²) in [7, 11) is 0. The maximum atomic E-state index is 11.8. The van der Waals surface area contributed by atoms with Gasteiger partial charge in [0.05, 0.1) is 0 Å². The predicted octanol–water partition coefficient (Wildman–Crippen LogP) is 3.07. The molecule has 0 spiro atoms. The molecular weight excluding hydrogens is 301 g/mol. The lowest BCUT2D eigenvalue weighted by Gasteiger charge is -2.17. The molecule has 0 fully saturated rings. The Hall–Kier alpha value is -0.580. The van der Waals surface area contributed by atoms with Gasteiger partial charge in [0, 0.05) is 15.2 Å². The maximum absolute atomic E-state index is 11.8. The average molecular weight is 317 g/mol. The number of rotatable bonds is 3. The van der Waals surface area contributed by atoms with E-state index in [0.717, 1.165) is 9.13 Å². The summed E-state index contributed by atoms with van der Waals surface area (Å²) in [6.07, 6.45) is 0. The molecule has 1 N–H and O–H groups in total. The summed E-state index contributed by atoms with van der Waals surface area (Å²) in [4.78, 5) is 11.8. The maximum Gasteiger partial charge on any atom is 0.251 e. The number of carbonyl (C=O) groups excluding carboxylic acids is 1. The summed E-state index contributed by atoms with van der Waals surface area (Å²) >= 11 is 2.21. The van der Waals surface area contributed by atoms with Crippen molar-refractivity contribution in [2.45, 2.75) is 26.8 Å². The summed E-state index contributed by atoms with van der Waals surface area (Å²) in [6, 6.07) is 7.81. The minimum atomic E-state index is 0.00900. The summed E-state index contributed by atoms with van der Waals surface area (Å²) in [5.41, 5.74) is 0.731. The van der Waals surface area contributed by atoms with Gasteiger partial charge in [-0.1, -0.05) is 19.9 Å². The molecule has 3 heteroatoms. The van der Waals surface area contributed by atoms with E-state index in [0.29, 0.717) is 5.92 Å². The fourth-order valence-corrected chi connectivity index (χ4v) is 1.63. The molecule has 0 heterocycles. The molecule has 15 heavy (non-hydrogen) atoms. The topological polar surface area (TPSA) is 29.1 Å². The number of carbonyl (C=O) groups is 1. The van der Waals surface area contributed by atoms with Crippen LogP contribution >= 0.6 is 22.6 Å². The van der Waals surface area contributed by atoms with Crippen LogP contribution in [0.3, 0.4) is 0 Å². The molecule has 1 rings (SSSR count). The third kappa shape index (κ3) is 3.81. The second-order valence-electron chi connectivity index (χ2n) is 4.02. The van der Waals surface area contributed by atoms with E-state index in [2.05, 4.69) is 41.8 Å². The molecule has 0 saturated carbocycles. The number of amides is 1. The van der Waals surface area contributed by atoms with Crippen molar-refractivity contribution in [2.75, 3.05) is 0 Å². The van der Waals surface area contributed by atoms with Crippen LogP contribution in [-0.2, 0) is 0 Å². The highest BCUT2D eigenvalue weighted by atomic mass is 127. The first-order valence-corrected chi connectivity index (χ1v) is 6.15. The molecule has 1 aromatic carbocycles. The second-order valence-corrected chi connectivity index (χ2v) is 5.26. The molecule has 0 unspecified atom stereocenters. The van der Waals surface area contributed by atoms with Gasteiger partial charge in [0.25, 0.3) is 5.91 Å². The van der Waals surface area contributed by atoms with Gasteiger partial charge in [-0.3, -0.25) is 4.79 Å². The van der Waals surface area contributed by atoms with Gasteiger partial charge in [-0.05, 0) is 53.6 Å². The Bertz CT molecular complexity index is 349. The van der Waals surface area contributed by atoms with E-state index in [4.69, 9.17) is 0 Å². The molecule has 0 aliphatic heterocycles. The Balaban J connectivity index is 2.69. The van der Waals surface area contributed by atoms with E-state index < -0.39 is 0 Å². The average Bonchev–Trinajstić information content (AvgIpc) is 2.17. The van der Waals surface area contributed by atoms with Gasteiger partial charge in [-0.15, -0.1) is 0 Å². The van der Waals surface area contributed by atoms with E-state index in [1.165, 1.54) is 0 Å². The summed E-state index contributed by atoms with van der Waals surface area (Å²) in [5, 5.41) is 2.98. The van der Waals surface area contributed by atoms with Crippen molar-refractivity contribution >= 4 is 28.5 Å². The zero-order chi connectivity index (χ0) is 11.4. The third-order valence-electron chi connectivity index (χ3n) is 2.45. The highest BCUT2D eigenvalue weighted by Gasteiger charge is 2.12. The van der Waals surface area contributed by atoms with Gasteiger partial charge in [-0.2, -0.15) is 0 Å². The lowest BCUT2D eigenvalue weighted by atomic mass is 10.1. The van der Waals surface area contributed by atoms with Crippen molar-refractivity contribution in [3.05, 3.63) is 33.4 Å². The van der Waals surface area contributed by atoms with Crippen molar-refractivity contribution in [2.24, 2.45) is 5.92 Å². The van der Waals surface area contributed by atoms with Crippen LogP contribution in [0.25, 0.3) is 0 Å². The highest BCUT2D eigenvalue weighted by molar-refractivity contribution is 14.1. The molecule has 0 aromatic heterocycles. The van der Waals surface area contributed by atoms with Crippen molar-refractivity contribution in [1.82, 2.24) is 5.32 Å². The fraction of sp³-hybridized carbons (Fsp3) is 0.417. The first-order chi connectivity index (χ1) is 7.00. The number of hydrogen-bond donors (Lipinski definition) is 1. The van der Waals surface area contributed by atoms with Crippen LogP contribution in [0.2, 0.25) is 0 Å². The first kappa shape index (κ1) is 12.5. The smallest absolute Gasteiger partial charge is 0.251 e. The van der Waals surface area contributed by atoms with Crippen LogP contribution < -0.4 is 5.32 Å². The molecule has 2 nitrogen and oxygen atoms in total. The SMILES string of the molecule is CC(C)[C@H](C)NC(=O)c1cccc(I)c1. The number of hydrogen-bond acceptors (Lipinski definition) is 1. The second kappa shape index (κ2) is 5.49. The Morgan fingerprint density at radius 1 is 1.33 bits per heavy atom. The monoisotopic (exact) mass is 317 g/mol. The van der Waals surface area contributed by atoms with Crippen LogP contribution in [-0.4, -0.2) is 11.9 Å². The molecule has 82 valence electrons. The summed E-state index contributed by atoms with van der Waals surface area (Å²) in [6.45, 7) is 6.22. The predicted molar refractivity (Wildman–Crippen MR) is 70.9 cm³/mol. The van der Waals surface area contributed by atoms with E-state index >= 15 is 0 Å². The standard InChI is InChI=1S/C12H16INO/c1-8(2)9(3)14-12(15)10-5-4-6-11(13)7-10/h4-9H,1-3H3,(H,14,15)/t9-/m0/s1.